The van der Waals surface area contributed by atoms with E-state index >= 15 is 0 Å². The highest BCUT2D eigenvalue weighted by atomic mass is 32.2. The summed E-state index contributed by atoms with van der Waals surface area (Å²) < 4.78 is 5.18. The first-order chi connectivity index (χ1) is 13.6. The Hall–Kier alpha value is 0.270. The van der Waals surface area contributed by atoms with E-state index in [4.69, 9.17) is 4.74 Å². The fraction of sp³-hybridized carbons (Fsp3) is 1.00. The van der Waals surface area contributed by atoms with Crippen LogP contribution in [0.3, 0.4) is 0 Å². The summed E-state index contributed by atoms with van der Waals surface area (Å²) in [6, 6.07) is 0. The van der Waals surface area contributed by atoms with Gasteiger partial charge in [0, 0.05) is 18.5 Å². The lowest BCUT2D eigenvalue weighted by Gasteiger charge is -2.49. The molecule has 3 fully saturated rings. The fourth-order valence-corrected chi connectivity index (χ4v) is 7.42. The molecule has 32 heavy (non-hydrogen) atoms. The minimum absolute atomic E-state index is 0. The van der Waals surface area contributed by atoms with Gasteiger partial charge in [-0.15, -0.1) is 0 Å². The van der Waals surface area contributed by atoms with E-state index in [0.29, 0.717) is 32.5 Å². The quantitative estimate of drug-likeness (QED) is 0.408. The summed E-state index contributed by atoms with van der Waals surface area (Å²) >= 11 is 2.08. The third-order valence-corrected chi connectivity index (χ3v) is 7.78. The molecule has 0 N–H and O–H groups in total. The normalized spacial score (nSPS) is 23.5. The van der Waals surface area contributed by atoms with Crippen LogP contribution < -0.4 is 0 Å². The zero-order valence-corrected chi connectivity index (χ0v) is 24.4. The van der Waals surface area contributed by atoms with E-state index in [0.717, 1.165) is 13.2 Å². The second-order valence-electron chi connectivity index (χ2n) is 15.8. The van der Waals surface area contributed by atoms with Crippen LogP contribution in [0.1, 0.15) is 110 Å². The average Bonchev–Trinajstić information content (AvgIpc) is 2.38. The van der Waals surface area contributed by atoms with Crippen molar-refractivity contribution in [2.24, 2.45) is 32.5 Å². The van der Waals surface area contributed by atoms with E-state index < -0.39 is 0 Å². The number of rotatable bonds is 3. The number of thioether (sulfide) groups is 1. The highest BCUT2D eigenvalue weighted by Crippen LogP contribution is 2.45. The van der Waals surface area contributed by atoms with Crippen molar-refractivity contribution in [1.29, 1.82) is 0 Å². The lowest BCUT2D eigenvalue weighted by molar-refractivity contribution is -0.119. The van der Waals surface area contributed by atoms with Gasteiger partial charge in [0.2, 0.25) is 0 Å². The second-order valence-corrected chi connectivity index (χ2v) is 16.8. The van der Waals surface area contributed by atoms with Crippen molar-refractivity contribution in [3.8, 4) is 0 Å². The van der Waals surface area contributed by atoms with Gasteiger partial charge in [0.1, 0.15) is 0 Å². The predicted molar refractivity (Wildman–Crippen MR) is 149 cm³/mol. The molecule has 0 bridgehead atoms. The number of likely N-dealkylation sites (tertiary alicyclic amines) is 1. The first kappa shape index (κ1) is 32.3. The molecule has 0 unspecified atom stereocenters. The summed E-state index contributed by atoms with van der Waals surface area (Å²) in [7, 11) is 2.20. The molecular formula is C29H61NOS. The van der Waals surface area contributed by atoms with Crippen LogP contribution >= 0.6 is 11.8 Å². The van der Waals surface area contributed by atoms with Gasteiger partial charge in [0.25, 0.3) is 0 Å². The van der Waals surface area contributed by atoms with Gasteiger partial charge < -0.3 is 9.64 Å². The minimum atomic E-state index is 0. The molecule has 194 valence electrons. The zero-order valence-electron chi connectivity index (χ0n) is 23.6. The lowest BCUT2D eigenvalue weighted by Crippen LogP contribution is -2.53. The van der Waals surface area contributed by atoms with Crippen LogP contribution in [-0.2, 0) is 4.74 Å². The van der Waals surface area contributed by atoms with Gasteiger partial charge in [-0.2, -0.15) is 11.8 Å². The van der Waals surface area contributed by atoms with Crippen molar-refractivity contribution in [3.63, 3.8) is 0 Å². The smallest absolute Gasteiger partial charge is 0.0542 e. The monoisotopic (exact) mass is 471 g/mol. The van der Waals surface area contributed by atoms with Crippen LogP contribution in [0.2, 0.25) is 0 Å². The van der Waals surface area contributed by atoms with Crippen LogP contribution in [-0.4, -0.2) is 49.8 Å². The Kier molecular flexibility index (Phi) is 11.4. The Morgan fingerprint density at radius 2 is 1.00 bits per heavy atom. The summed E-state index contributed by atoms with van der Waals surface area (Å²) in [6.45, 7) is 32.5. The molecule has 2 nitrogen and oxygen atoms in total. The summed E-state index contributed by atoms with van der Waals surface area (Å²) in [6.07, 6.45) is 4.01. The van der Waals surface area contributed by atoms with Gasteiger partial charge in [-0.05, 0) is 64.9 Å². The molecule has 3 aliphatic heterocycles. The maximum absolute atomic E-state index is 5.18. The Bertz CT molecular complexity index is 503. The highest BCUT2D eigenvalue weighted by Gasteiger charge is 2.39. The number of nitrogens with zero attached hydrogens (tertiary/aromatic N) is 1. The van der Waals surface area contributed by atoms with E-state index in [1.54, 1.807) is 0 Å². The Morgan fingerprint density at radius 1 is 0.656 bits per heavy atom. The number of ether oxygens (including phenoxy) is 1. The van der Waals surface area contributed by atoms with Crippen LogP contribution in [0.25, 0.3) is 0 Å². The van der Waals surface area contributed by atoms with Gasteiger partial charge in [0.15, 0.2) is 0 Å². The third-order valence-electron chi connectivity index (χ3n) is 5.98. The first-order valence-electron chi connectivity index (χ1n) is 12.5. The molecular weight excluding hydrogens is 410 g/mol. The van der Waals surface area contributed by atoms with Crippen molar-refractivity contribution in [1.82, 2.24) is 4.90 Å². The maximum atomic E-state index is 5.18. The lowest BCUT2D eigenvalue weighted by atomic mass is 9.70. The van der Waals surface area contributed by atoms with E-state index in [1.807, 2.05) is 0 Å². The number of hydrogen-bond donors (Lipinski definition) is 0. The molecule has 3 heterocycles. The van der Waals surface area contributed by atoms with Crippen LogP contribution in [0, 0.1) is 32.5 Å². The first-order valence-corrected chi connectivity index (χ1v) is 13.6. The molecule has 0 radical (unpaired) electrons. The fourth-order valence-electron chi connectivity index (χ4n) is 6.31. The molecule has 0 saturated carbocycles. The molecule has 0 atom stereocenters. The standard InChI is InChI=1S/C10H21N.C9H18O.C9H18S.CH4/c1-9(2,3)6-10(4)7-11(5)8-10;2*1-8(2,3)5-9(4)6-10-7-9;/h6-8H2,1-5H3;2*5-7H2,1-4H3;1H4. The molecule has 0 aromatic heterocycles. The summed E-state index contributed by atoms with van der Waals surface area (Å²) in [4.78, 5) is 2.39. The van der Waals surface area contributed by atoms with E-state index in [9.17, 15) is 0 Å². The summed E-state index contributed by atoms with van der Waals surface area (Å²) in [5.41, 5.74) is 3.23. The van der Waals surface area contributed by atoms with Crippen molar-refractivity contribution in [2.75, 3.05) is 44.9 Å². The zero-order chi connectivity index (χ0) is 24.4. The highest BCUT2D eigenvalue weighted by molar-refractivity contribution is 8.00. The van der Waals surface area contributed by atoms with Gasteiger partial charge in [-0.3, -0.25) is 0 Å². The van der Waals surface area contributed by atoms with Gasteiger partial charge in [-0.25, -0.2) is 0 Å². The minimum Gasteiger partial charge on any atom is -0.380 e. The SMILES string of the molecule is C.CC(C)(C)CC1(C)COC1.CC(C)(C)CC1(C)CSC1.CN1CC(C)(CC(C)(C)C)C1. The number of hydrogen-bond acceptors (Lipinski definition) is 3. The molecule has 0 spiro atoms. The molecule has 3 saturated heterocycles. The van der Waals surface area contributed by atoms with Gasteiger partial charge >= 0.3 is 0 Å². The molecule has 0 aromatic rings. The van der Waals surface area contributed by atoms with Gasteiger partial charge in [-0.1, -0.05) is 90.5 Å². The summed E-state index contributed by atoms with van der Waals surface area (Å²) in [5, 5.41) is 0. The molecule has 0 aromatic carbocycles. The van der Waals surface area contributed by atoms with Crippen molar-refractivity contribution in [2.45, 2.75) is 110 Å². The molecule has 3 rings (SSSR count). The predicted octanol–water partition coefficient (Wildman–Crippen LogP) is 8.65. The van der Waals surface area contributed by atoms with Crippen molar-refractivity contribution >= 4 is 11.8 Å². The molecule has 0 amide bonds. The maximum Gasteiger partial charge on any atom is 0.0542 e. The Labute approximate surface area is 208 Å². The van der Waals surface area contributed by atoms with E-state index in [1.165, 1.54) is 43.9 Å². The average molecular weight is 472 g/mol. The van der Waals surface area contributed by atoms with Gasteiger partial charge in [0.05, 0.1) is 13.2 Å². The van der Waals surface area contributed by atoms with Crippen LogP contribution in [0.5, 0.6) is 0 Å². The summed E-state index contributed by atoms with van der Waals surface area (Å²) in [5.74, 6) is 2.76. The van der Waals surface area contributed by atoms with Crippen LogP contribution in [0.4, 0.5) is 0 Å². The topological polar surface area (TPSA) is 12.5 Å². The second kappa shape index (κ2) is 11.3. The largest absolute Gasteiger partial charge is 0.380 e. The Balaban J connectivity index is 0.000000444. The van der Waals surface area contributed by atoms with E-state index in [2.05, 4.69) is 107 Å². The van der Waals surface area contributed by atoms with Crippen LogP contribution in [0.15, 0.2) is 0 Å². The van der Waals surface area contributed by atoms with Crippen molar-refractivity contribution in [3.05, 3.63) is 0 Å². The molecule has 0 aliphatic carbocycles. The Morgan fingerprint density at radius 3 is 1.16 bits per heavy atom. The third kappa shape index (κ3) is 13.2. The molecule has 3 aliphatic rings. The van der Waals surface area contributed by atoms with E-state index in [-0.39, 0.29) is 7.43 Å². The molecule has 3 heteroatoms. The van der Waals surface area contributed by atoms with Crippen molar-refractivity contribution < 1.29 is 4.74 Å².